The van der Waals surface area contributed by atoms with Crippen molar-refractivity contribution in [3.63, 3.8) is 0 Å². The molecule has 25 heavy (non-hydrogen) atoms. The molecule has 1 atom stereocenters. The highest BCUT2D eigenvalue weighted by molar-refractivity contribution is 5.83. The van der Waals surface area contributed by atoms with Crippen LogP contribution < -0.4 is 0 Å². The highest BCUT2D eigenvalue weighted by Gasteiger charge is 2.33. The van der Waals surface area contributed by atoms with E-state index in [1.54, 1.807) is 6.92 Å². The fraction of sp³-hybridized carbons (Fsp3) is 0.600. The average Bonchev–Trinajstić information content (AvgIpc) is 2.90. The topological polar surface area (TPSA) is 43.9 Å². The molecule has 0 bridgehead atoms. The maximum Gasteiger partial charge on any atom is 0.244 e. The van der Waals surface area contributed by atoms with Crippen molar-refractivity contribution in [3.8, 4) is 0 Å². The molecule has 2 amide bonds. The van der Waals surface area contributed by atoms with E-state index in [1.807, 2.05) is 28.0 Å². The summed E-state index contributed by atoms with van der Waals surface area (Å²) >= 11 is 0. The van der Waals surface area contributed by atoms with E-state index in [-0.39, 0.29) is 17.9 Å². The Morgan fingerprint density at radius 3 is 2.16 bits per heavy atom. The third-order valence-electron chi connectivity index (χ3n) is 5.36. The zero-order chi connectivity index (χ0) is 17.6. The third kappa shape index (κ3) is 4.40. The fourth-order valence-electron chi connectivity index (χ4n) is 3.94. The van der Waals surface area contributed by atoms with Crippen molar-refractivity contribution in [2.45, 2.75) is 38.6 Å². The lowest BCUT2D eigenvalue weighted by atomic mass is 10.0. The molecule has 0 radical (unpaired) electrons. The van der Waals surface area contributed by atoms with E-state index in [2.05, 4.69) is 17.0 Å². The van der Waals surface area contributed by atoms with E-state index in [0.717, 1.165) is 57.5 Å². The van der Waals surface area contributed by atoms with Crippen LogP contribution in [0.25, 0.3) is 0 Å². The molecule has 5 nitrogen and oxygen atoms in total. The Kier molecular flexibility index (Phi) is 6.08. The van der Waals surface area contributed by atoms with Crippen LogP contribution in [0.2, 0.25) is 0 Å². The van der Waals surface area contributed by atoms with Crippen molar-refractivity contribution < 1.29 is 9.59 Å². The normalized spacial score (nSPS) is 20.8. The molecule has 0 aliphatic carbocycles. The molecule has 0 saturated carbocycles. The fourth-order valence-corrected chi connectivity index (χ4v) is 3.94. The molecule has 2 fully saturated rings. The molecule has 0 N–H and O–H groups in total. The van der Waals surface area contributed by atoms with Crippen molar-refractivity contribution in [1.82, 2.24) is 14.7 Å². The van der Waals surface area contributed by atoms with Gasteiger partial charge in [-0.1, -0.05) is 30.3 Å². The third-order valence-corrected chi connectivity index (χ3v) is 5.36. The number of likely N-dealkylation sites (tertiary alicyclic amines) is 1. The first-order valence-corrected chi connectivity index (χ1v) is 9.50. The number of piperidine rings is 1. The van der Waals surface area contributed by atoms with Gasteiger partial charge < -0.3 is 9.80 Å². The smallest absolute Gasteiger partial charge is 0.244 e. The van der Waals surface area contributed by atoms with Gasteiger partial charge in [0.15, 0.2) is 0 Å². The van der Waals surface area contributed by atoms with Crippen LogP contribution in [0.5, 0.6) is 0 Å². The highest BCUT2D eigenvalue weighted by Crippen LogP contribution is 2.26. The van der Waals surface area contributed by atoms with Gasteiger partial charge in [0, 0.05) is 46.2 Å². The van der Waals surface area contributed by atoms with Gasteiger partial charge in [-0.2, -0.15) is 0 Å². The molecule has 5 heteroatoms. The van der Waals surface area contributed by atoms with Gasteiger partial charge in [0.1, 0.15) is 6.04 Å². The second-order valence-corrected chi connectivity index (χ2v) is 7.09. The number of hydrogen-bond acceptors (Lipinski definition) is 3. The second kappa shape index (κ2) is 8.48. The molecule has 136 valence electrons. The summed E-state index contributed by atoms with van der Waals surface area (Å²) in [6.07, 6.45) is 4.34. The Hall–Kier alpha value is -1.88. The molecule has 2 heterocycles. The Morgan fingerprint density at radius 2 is 1.48 bits per heavy atom. The molecule has 1 aromatic rings. The number of carbonyl (C=O) groups excluding carboxylic acids is 2. The predicted octanol–water partition coefficient (Wildman–Crippen LogP) is 2.29. The Morgan fingerprint density at radius 1 is 0.800 bits per heavy atom. The molecular weight excluding hydrogens is 314 g/mol. The molecule has 0 spiro atoms. The second-order valence-electron chi connectivity index (χ2n) is 7.09. The van der Waals surface area contributed by atoms with E-state index >= 15 is 0 Å². The SMILES string of the molecule is CC(=O)N1CCCN(C(C(=O)N2CCCCC2)c2ccccc2)CC1. The summed E-state index contributed by atoms with van der Waals surface area (Å²) in [6.45, 7) is 6.45. The van der Waals surface area contributed by atoms with Crippen LogP contribution in [-0.2, 0) is 9.59 Å². The van der Waals surface area contributed by atoms with Gasteiger partial charge in [-0.3, -0.25) is 14.5 Å². The number of carbonyl (C=O) groups is 2. The first kappa shape index (κ1) is 17.9. The Balaban J connectivity index is 1.81. The summed E-state index contributed by atoms with van der Waals surface area (Å²) in [5, 5.41) is 0. The first-order valence-electron chi connectivity index (χ1n) is 9.50. The van der Waals surface area contributed by atoms with Gasteiger partial charge in [0.2, 0.25) is 11.8 Å². The van der Waals surface area contributed by atoms with Crippen LogP contribution in [-0.4, -0.2) is 65.8 Å². The first-order chi connectivity index (χ1) is 12.2. The van der Waals surface area contributed by atoms with Crippen LogP contribution in [0, 0.1) is 0 Å². The molecular formula is C20H29N3O2. The number of rotatable bonds is 3. The molecule has 1 aromatic carbocycles. The average molecular weight is 343 g/mol. The van der Waals surface area contributed by atoms with Crippen molar-refractivity contribution in [1.29, 1.82) is 0 Å². The number of benzene rings is 1. The number of hydrogen-bond donors (Lipinski definition) is 0. The lowest BCUT2D eigenvalue weighted by molar-refractivity contribution is -0.138. The summed E-state index contributed by atoms with van der Waals surface area (Å²) in [5.41, 5.74) is 1.06. The van der Waals surface area contributed by atoms with Crippen molar-refractivity contribution in [2.75, 3.05) is 39.3 Å². The van der Waals surface area contributed by atoms with Crippen LogP contribution in [0.1, 0.15) is 44.2 Å². The zero-order valence-corrected chi connectivity index (χ0v) is 15.2. The summed E-state index contributed by atoms with van der Waals surface area (Å²) in [7, 11) is 0. The zero-order valence-electron chi connectivity index (χ0n) is 15.2. The predicted molar refractivity (Wildman–Crippen MR) is 98.1 cm³/mol. The van der Waals surface area contributed by atoms with Gasteiger partial charge in [-0.05, 0) is 31.2 Å². The molecule has 0 aromatic heterocycles. The Labute approximate surface area is 150 Å². The lowest BCUT2D eigenvalue weighted by Gasteiger charge is -2.36. The van der Waals surface area contributed by atoms with Gasteiger partial charge in [0.25, 0.3) is 0 Å². The summed E-state index contributed by atoms with van der Waals surface area (Å²) in [6, 6.07) is 9.88. The van der Waals surface area contributed by atoms with Crippen LogP contribution in [0.4, 0.5) is 0 Å². The van der Waals surface area contributed by atoms with E-state index in [1.165, 1.54) is 6.42 Å². The van der Waals surface area contributed by atoms with Gasteiger partial charge in [0.05, 0.1) is 0 Å². The number of nitrogens with zero attached hydrogens (tertiary/aromatic N) is 3. The molecule has 2 aliphatic heterocycles. The van der Waals surface area contributed by atoms with Gasteiger partial charge >= 0.3 is 0 Å². The summed E-state index contributed by atoms with van der Waals surface area (Å²) in [4.78, 5) is 31.2. The standard InChI is InChI=1S/C20H29N3O2/c1-17(24)21-13-8-14-22(16-15-21)19(18-9-4-2-5-10-18)20(25)23-11-6-3-7-12-23/h2,4-5,9-10,19H,3,6-8,11-16H2,1H3. The van der Waals surface area contributed by atoms with Crippen molar-refractivity contribution in [2.24, 2.45) is 0 Å². The van der Waals surface area contributed by atoms with Crippen molar-refractivity contribution >= 4 is 11.8 Å². The molecule has 3 rings (SSSR count). The monoisotopic (exact) mass is 343 g/mol. The van der Waals surface area contributed by atoms with E-state index in [0.29, 0.717) is 6.54 Å². The largest absolute Gasteiger partial charge is 0.342 e. The molecule has 2 saturated heterocycles. The van der Waals surface area contributed by atoms with Crippen LogP contribution in [0.3, 0.4) is 0 Å². The minimum absolute atomic E-state index is 0.125. The highest BCUT2D eigenvalue weighted by atomic mass is 16.2. The maximum absolute atomic E-state index is 13.3. The maximum atomic E-state index is 13.3. The molecule has 1 unspecified atom stereocenters. The number of amides is 2. The quantitative estimate of drug-likeness (QED) is 0.846. The van der Waals surface area contributed by atoms with Gasteiger partial charge in [-0.15, -0.1) is 0 Å². The van der Waals surface area contributed by atoms with E-state index in [4.69, 9.17) is 0 Å². The van der Waals surface area contributed by atoms with Crippen LogP contribution in [0.15, 0.2) is 30.3 Å². The summed E-state index contributed by atoms with van der Waals surface area (Å²) < 4.78 is 0. The summed E-state index contributed by atoms with van der Waals surface area (Å²) in [5.74, 6) is 0.350. The van der Waals surface area contributed by atoms with Gasteiger partial charge in [-0.25, -0.2) is 0 Å². The molecule has 2 aliphatic rings. The Bertz CT molecular complexity index is 584. The van der Waals surface area contributed by atoms with E-state index in [9.17, 15) is 9.59 Å². The van der Waals surface area contributed by atoms with Crippen molar-refractivity contribution in [3.05, 3.63) is 35.9 Å². The minimum Gasteiger partial charge on any atom is -0.342 e. The van der Waals surface area contributed by atoms with Crippen LogP contribution >= 0.6 is 0 Å². The van der Waals surface area contributed by atoms with E-state index < -0.39 is 0 Å². The minimum atomic E-state index is -0.230. The lowest BCUT2D eigenvalue weighted by Crippen LogP contribution is -2.46.